The lowest BCUT2D eigenvalue weighted by atomic mass is 9.98. The number of fused-ring (bicyclic) bond motifs is 1. The van der Waals surface area contributed by atoms with Gasteiger partial charge in [0.1, 0.15) is 11.3 Å². The zero-order chi connectivity index (χ0) is 22.7. The number of carbonyl (C=O) groups excluding carboxylic acids is 1. The van der Waals surface area contributed by atoms with E-state index in [0.29, 0.717) is 28.8 Å². The fourth-order valence-corrected chi connectivity index (χ4v) is 3.53. The topological polar surface area (TPSA) is 64.4 Å². The number of aromatic nitrogens is 1. The maximum absolute atomic E-state index is 12.8. The quantitative estimate of drug-likeness (QED) is 0.343. The maximum atomic E-state index is 12.8. The number of carbonyl (C=O) groups is 1. The van der Waals surface area contributed by atoms with Crippen LogP contribution in [0.4, 0.5) is 5.69 Å². The molecule has 4 aromatic rings. The SMILES string of the molecule is CCC(C)c1ccc2oc(-c3cccc(NC(=O)c4cccc(OC(C)C)c4)c3)nc2c1. The van der Waals surface area contributed by atoms with Crippen LogP contribution >= 0.6 is 0 Å². The third-order valence-corrected chi connectivity index (χ3v) is 5.43. The standard InChI is InChI=1S/C27H28N2O3/c1-5-18(4)19-12-13-25-24(16-19)29-27(32-25)21-9-6-10-22(14-21)28-26(30)20-8-7-11-23(15-20)31-17(2)3/h6-18H,5H2,1-4H3,(H,28,30). The molecule has 5 heteroatoms. The van der Waals surface area contributed by atoms with Crippen LogP contribution in [0.2, 0.25) is 0 Å². The van der Waals surface area contributed by atoms with Gasteiger partial charge in [0.25, 0.3) is 5.91 Å². The van der Waals surface area contributed by atoms with E-state index < -0.39 is 0 Å². The van der Waals surface area contributed by atoms with Gasteiger partial charge in [-0.15, -0.1) is 0 Å². The number of nitrogens with zero attached hydrogens (tertiary/aromatic N) is 1. The van der Waals surface area contributed by atoms with Gasteiger partial charge in [-0.1, -0.05) is 32.0 Å². The number of ether oxygens (including phenoxy) is 1. The molecule has 32 heavy (non-hydrogen) atoms. The smallest absolute Gasteiger partial charge is 0.255 e. The van der Waals surface area contributed by atoms with Gasteiger partial charge in [0.05, 0.1) is 6.10 Å². The summed E-state index contributed by atoms with van der Waals surface area (Å²) >= 11 is 0. The average Bonchev–Trinajstić information content (AvgIpc) is 3.22. The van der Waals surface area contributed by atoms with E-state index in [1.54, 1.807) is 12.1 Å². The predicted octanol–water partition coefficient (Wildman–Crippen LogP) is 7.05. The maximum Gasteiger partial charge on any atom is 0.255 e. The van der Waals surface area contributed by atoms with Crippen LogP contribution < -0.4 is 10.1 Å². The average molecular weight is 429 g/mol. The second-order valence-electron chi connectivity index (χ2n) is 8.28. The normalized spacial score (nSPS) is 12.2. The van der Waals surface area contributed by atoms with Crippen LogP contribution in [0.1, 0.15) is 56.0 Å². The van der Waals surface area contributed by atoms with Crippen molar-refractivity contribution in [3.8, 4) is 17.2 Å². The van der Waals surface area contributed by atoms with Crippen LogP contribution in [0, 0.1) is 0 Å². The Labute approximate surface area is 188 Å². The number of hydrogen-bond donors (Lipinski definition) is 1. The first kappa shape index (κ1) is 21.6. The molecule has 0 radical (unpaired) electrons. The second kappa shape index (κ2) is 9.27. The van der Waals surface area contributed by atoms with Crippen molar-refractivity contribution < 1.29 is 13.9 Å². The molecule has 0 bridgehead atoms. The van der Waals surface area contributed by atoms with E-state index in [9.17, 15) is 4.79 Å². The molecule has 1 amide bonds. The molecule has 1 aromatic heterocycles. The van der Waals surface area contributed by atoms with Crippen molar-refractivity contribution in [2.24, 2.45) is 0 Å². The van der Waals surface area contributed by atoms with Crippen LogP contribution in [0.5, 0.6) is 5.75 Å². The molecule has 0 saturated heterocycles. The number of anilines is 1. The minimum absolute atomic E-state index is 0.0440. The largest absolute Gasteiger partial charge is 0.491 e. The van der Waals surface area contributed by atoms with Gasteiger partial charge in [0.15, 0.2) is 5.58 Å². The third kappa shape index (κ3) is 4.83. The summed E-state index contributed by atoms with van der Waals surface area (Å²) in [7, 11) is 0. The van der Waals surface area contributed by atoms with E-state index in [2.05, 4.69) is 36.3 Å². The molecule has 0 saturated carbocycles. The minimum atomic E-state index is -0.202. The van der Waals surface area contributed by atoms with Crippen molar-refractivity contribution in [3.63, 3.8) is 0 Å². The first-order chi connectivity index (χ1) is 15.4. The summed E-state index contributed by atoms with van der Waals surface area (Å²) in [6.45, 7) is 8.29. The first-order valence-electron chi connectivity index (χ1n) is 11.0. The summed E-state index contributed by atoms with van der Waals surface area (Å²) in [6.07, 6.45) is 1.12. The Balaban J connectivity index is 1.55. The molecule has 4 rings (SSSR count). The first-order valence-corrected chi connectivity index (χ1v) is 11.0. The van der Waals surface area contributed by atoms with Crippen LogP contribution in [0.15, 0.2) is 71.1 Å². The van der Waals surface area contributed by atoms with Crippen molar-refractivity contribution in [1.82, 2.24) is 4.98 Å². The zero-order valence-electron chi connectivity index (χ0n) is 18.9. The minimum Gasteiger partial charge on any atom is -0.491 e. The Hall–Kier alpha value is -3.60. The molecule has 1 unspecified atom stereocenters. The highest BCUT2D eigenvalue weighted by Gasteiger charge is 2.13. The molecule has 0 aliphatic carbocycles. The Bertz CT molecular complexity index is 1240. The Morgan fingerprint density at radius 1 is 1.03 bits per heavy atom. The summed E-state index contributed by atoms with van der Waals surface area (Å²) in [5, 5.41) is 2.95. The summed E-state index contributed by atoms with van der Waals surface area (Å²) in [5.41, 5.74) is 4.86. The molecule has 164 valence electrons. The molecular weight excluding hydrogens is 400 g/mol. The second-order valence-corrected chi connectivity index (χ2v) is 8.28. The van der Waals surface area contributed by atoms with E-state index in [1.165, 1.54) is 5.56 Å². The van der Waals surface area contributed by atoms with Gasteiger partial charge in [-0.2, -0.15) is 0 Å². The van der Waals surface area contributed by atoms with Gasteiger partial charge in [0, 0.05) is 16.8 Å². The molecule has 0 fully saturated rings. The van der Waals surface area contributed by atoms with E-state index >= 15 is 0 Å². The number of benzene rings is 3. The zero-order valence-corrected chi connectivity index (χ0v) is 18.9. The highest BCUT2D eigenvalue weighted by Crippen LogP contribution is 2.29. The van der Waals surface area contributed by atoms with Crippen molar-refractivity contribution in [2.45, 2.75) is 46.1 Å². The van der Waals surface area contributed by atoms with Gasteiger partial charge in [-0.25, -0.2) is 4.98 Å². The van der Waals surface area contributed by atoms with E-state index in [-0.39, 0.29) is 12.0 Å². The lowest BCUT2D eigenvalue weighted by Crippen LogP contribution is -2.12. The summed E-state index contributed by atoms with van der Waals surface area (Å²) in [5.74, 6) is 1.48. The van der Waals surface area contributed by atoms with Crippen molar-refractivity contribution in [2.75, 3.05) is 5.32 Å². The number of nitrogens with one attached hydrogen (secondary N) is 1. The lowest BCUT2D eigenvalue weighted by molar-refractivity contribution is 0.102. The third-order valence-electron chi connectivity index (χ3n) is 5.43. The molecule has 1 atom stereocenters. The lowest BCUT2D eigenvalue weighted by Gasteiger charge is -2.11. The highest BCUT2D eigenvalue weighted by atomic mass is 16.5. The fourth-order valence-electron chi connectivity index (χ4n) is 3.53. The highest BCUT2D eigenvalue weighted by molar-refractivity contribution is 6.04. The summed E-state index contributed by atoms with van der Waals surface area (Å²) < 4.78 is 11.7. The van der Waals surface area contributed by atoms with Gasteiger partial charge in [-0.05, 0) is 80.3 Å². The number of oxazole rings is 1. The van der Waals surface area contributed by atoms with Gasteiger partial charge >= 0.3 is 0 Å². The van der Waals surface area contributed by atoms with Crippen LogP contribution in [0.25, 0.3) is 22.6 Å². The Kier molecular flexibility index (Phi) is 6.26. The number of amides is 1. The fraction of sp³-hybridized carbons (Fsp3) is 0.259. The monoisotopic (exact) mass is 428 g/mol. The molecule has 0 aliphatic heterocycles. The molecule has 0 spiro atoms. The van der Waals surface area contributed by atoms with Crippen molar-refractivity contribution in [3.05, 3.63) is 77.9 Å². The van der Waals surface area contributed by atoms with E-state index in [4.69, 9.17) is 9.15 Å². The van der Waals surface area contributed by atoms with Gasteiger partial charge in [0.2, 0.25) is 5.89 Å². The Morgan fingerprint density at radius 3 is 2.62 bits per heavy atom. The molecule has 1 heterocycles. The van der Waals surface area contributed by atoms with E-state index in [1.807, 2.05) is 56.3 Å². The molecule has 5 nitrogen and oxygen atoms in total. The summed E-state index contributed by atoms with van der Waals surface area (Å²) in [6, 6.07) is 20.9. The van der Waals surface area contributed by atoms with E-state index in [0.717, 1.165) is 23.1 Å². The van der Waals surface area contributed by atoms with Crippen LogP contribution in [-0.4, -0.2) is 17.0 Å². The Morgan fingerprint density at radius 2 is 1.84 bits per heavy atom. The molecular formula is C27H28N2O3. The van der Waals surface area contributed by atoms with Gasteiger partial charge in [-0.3, -0.25) is 4.79 Å². The summed E-state index contributed by atoms with van der Waals surface area (Å²) in [4.78, 5) is 17.4. The van der Waals surface area contributed by atoms with Crippen molar-refractivity contribution >= 4 is 22.7 Å². The van der Waals surface area contributed by atoms with Crippen LogP contribution in [-0.2, 0) is 0 Å². The molecule has 0 aliphatic rings. The van der Waals surface area contributed by atoms with Crippen molar-refractivity contribution in [1.29, 1.82) is 0 Å². The predicted molar refractivity (Wildman–Crippen MR) is 128 cm³/mol. The molecule has 1 N–H and O–H groups in total. The van der Waals surface area contributed by atoms with Gasteiger partial charge < -0.3 is 14.5 Å². The molecule has 3 aromatic carbocycles. The number of rotatable bonds is 7. The van der Waals surface area contributed by atoms with Crippen LogP contribution in [0.3, 0.4) is 0 Å². The number of hydrogen-bond acceptors (Lipinski definition) is 4.